The topological polar surface area (TPSA) is 86.8 Å². The summed E-state index contributed by atoms with van der Waals surface area (Å²) in [6.07, 6.45) is 0.385. The summed E-state index contributed by atoms with van der Waals surface area (Å²) in [6.45, 7) is 13.7. The molecule has 7 nitrogen and oxygen atoms in total. The molecule has 3 aromatic carbocycles. The molecule has 0 aliphatic carbocycles. The standard InChI is InChI=1S/C33H43N3O4S/c1-8-30(33(38)34-20-23(2)3)35(21-28-14-9-24(4)10-15-28)32(37)22-36(31-18-13-26(6)19-27(31)7)41(39,40)29-16-11-25(5)12-17-29/h9-19,23,30H,8,20-22H2,1-7H3,(H,34,38). The number of amides is 2. The van der Waals surface area contributed by atoms with Crippen molar-refractivity contribution >= 4 is 27.5 Å². The van der Waals surface area contributed by atoms with Gasteiger partial charge >= 0.3 is 0 Å². The van der Waals surface area contributed by atoms with Gasteiger partial charge in [0.1, 0.15) is 12.6 Å². The third-order valence-electron chi connectivity index (χ3n) is 7.05. The van der Waals surface area contributed by atoms with Crippen molar-refractivity contribution in [3.63, 3.8) is 0 Å². The number of sulfonamides is 1. The molecular formula is C33H43N3O4S. The highest BCUT2D eigenvalue weighted by Crippen LogP contribution is 2.28. The normalized spacial score (nSPS) is 12.2. The summed E-state index contributed by atoms with van der Waals surface area (Å²) in [5.74, 6) is -0.453. The second-order valence-electron chi connectivity index (χ2n) is 11.2. The molecule has 3 rings (SSSR count). The van der Waals surface area contributed by atoms with Gasteiger partial charge in [0.05, 0.1) is 10.6 Å². The quantitative estimate of drug-likeness (QED) is 0.299. The maximum Gasteiger partial charge on any atom is 0.264 e. The molecule has 0 fully saturated rings. The highest BCUT2D eigenvalue weighted by molar-refractivity contribution is 7.92. The van der Waals surface area contributed by atoms with Crippen LogP contribution in [0.4, 0.5) is 5.69 Å². The fraction of sp³-hybridized carbons (Fsp3) is 0.394. The number of benzene rings is 3. The van der Waals surface area contributed by atoms with Gasteiger partial charge in [0.2, 0.25) is 11.8 Å². The van der Waals surface area contributed by atoms with Crippen LogP contribution < -0.4 is 9.62 Å². The molecule has 8 heteroatoms. The average Bonchev–Trinajstić information content (AvgIpc) is 2.92. The molecule has 41 heavy (non-hydrogen) atoms. The molecule has 0 radical (unpaired) electrons. The van der Waals surface area contributed by atoms with E-state index in [0.29, 0.717) is 18.7 Å². The number of anilines is 1. The van der Waals surface area contributed by atoms with Crippen LogP contribution in [0.15, 0.2) is 71.6 Å². The van der Waals surface area contributed by atoms with Crippen molar-refractivity contribution in [3.8, 4) is 0 Å². The van der Waals surface area contributed by atoms with Crippen LogP contribution in [0.1, 0.15) is 55.0 Å². The molecule has 1 unspecified atom stereocenters. The van der Waals surface area contributed by atoms with E-state index in [9.17, 15) is 18.0 Å². The van der Waals surface area contributed by atoms with Gasteiger partial charge in [-0.1, -0.05) is 86.0 Å². The Labute approximate surface area is 245 Å². The molecule has 0 aromatic heterocycles. The van der Waals surface area contributed by atoms with Crippen molar-refractivity contribution in [2.24, 2.45) is 5.92 Å². The lowest BCUT2D eigenvalue weighted by molar-refractivity contribution is -0.140. The summed E-state index contributed by atoms with van der Waals surface area (Å²) in [4.78, 5) is 29.1. The number of nitrogens with one attached hydrogen (secondary N) is 1. The highest BCUT2D eigenvalue weighted by atomic mass is 32.2. The van der Waals surface area contributed by atoms with E-state index in [2.05, 4.69) is 5.32 Å². The first-order valence-corrected chi connectivity index (χ1v) is 15.6. The molecule has 1 atom stereocenters. The number of carbonyl (C=O) groups excluding carboxylic acids is 2. The SMILES string of the molecule is CCC(C(=O)NCC(C)C)N(Cc1ccc(C)cc1)C(=O)CN(c1ccc(C)cc1C)S(=O)(=O)c1ccc(C)cc1. The molecule has 0 saturated heterocycles. The third kappa shape index (κ3) is 8.19. The lowest BCUT2D eigenvalue weighted by Gasteiger charge is -2.33. The van der Waals surface area contributed by atoms with Crippen LogP contribution in [-0.4, -0.2) is 44.3 Å². The lowest BCUT2D eigenvalue weighted by atomic mass is 10.1. The number of aryl methyl sites for hydroxylation is 4. The molecule has 2 amide bonds. The molecule has 0 bridgehead atoms. The largest absolute Gasteiger partial charge is 0.354 e. The molecule has 0 spiro atoms. The van der Waals surface area contributed by atoms with E-state index in [1.165, 1.54) is 9.21 Å². The van der Waals surface area contributed by atoms with Crippen LogP contribution in [0.2, 0.25) is 0 Å². The fourth-order valence-electron chi connectivity index (χ4n) is 4.67. The minimum absolute atomic E-state index is 0.0997. The zero-order valence-corrected chi connectivity index (χ0v) is 26.1. The van der Waals surface area contributed by atoms with E-state index in [0.717, 1.165) is 27.8 Å². The Morgan fingerprint density at radius 2 is 1.39 bits per heavy atom. The van der Waals surface area contributed by atoms with E-state index in [-0.39, 0.29) is 23.3 Å². The third-order valence-corrected chi connectivity index (χ3v) is 8.83. The Kier molecular flexibility index (Phi) is 10.7. The summed E-state index contributed by atoms with van der Waals surface area (Å²) >= 11 is 0. The Morgan fingerprint density at radius 1 is 0.829 bits per heavy atom. The number of carbonyl (C=O) groups is 2. The first kappa shape index (κ1) is 31.9. The maximum atomic E-state index is 14.2. The van der Waals surface area contributed by atoms with Gasteiger partial charge in [-0.15, -0.1) is 0 Å². The zero-order chi connectivity index (χ0) is 30.3. The summed E-state index contributed by atoms with van der Waals surface area (Å²) in [5, 5.41) is 2.96. The van der Waals surface area contributed by atoms with Crippen molar-refractivity contribution < 1.29 is 18.0 Å². The summed E-state index contributed by atoms with van der Waals surface area (Å²) in [7, 11) is -4.10. The van der Waals surface area contributed by atoms with E-state index in [1.54, 1.807) is 30.3 Å². The minimum Gasteiger partial charge on any atom is -0.354 e. The van der Waals surface area contributed by atoms with Gasteiger partial charge in [-0.05, 0) is 69.4 Å². The Balaban J connectivity index is 2.07. The molecule has 0 heterocycles. The Morgan fingerprint density at radius 3 is 1.93 bits per heavy atom. The second kappa shape index (κ2) is 13.8. The Hall–Kier alpha value is -3.65. The lowest BCUT2D eigenvalue weighted by Crippen LogP contribution is -2.52. The molecule has 0 aliphatic heterocycles. The smallest absolute Gasteiger partial charge is 0.264 e. The van der Waals surface area contributed by atoms with Crippen LogP contribution in [0.25, 0.3) is 0 Å². The molecular weight excluding hydrogens is 534 g/mol. The van der Waals surface area contributed by atoms with Gasteiger partial charge in [0, 0.05) is 13.1 Å². The van der Waals surface area contributed by atoms with Crippen molar-refractivity contribution in [3.05, 3.63) is 94.5 Å². The molecule has 0 aliphatic rings. The maximum absolute atomic E-state index is 14.2. The average molecular weight is 578 g/mol. The predicted molar refractivity (Wildman–Crippen MR) is 165 cm³/mol. The van der Waals surface area contributed by atoms with E-state index in [4.69, 9.17) is 0 Å². The van der Waals surface area contributed by atoms with Gasteiger partial charge in [-0.2, -0.15) is 0 Å². The molecule has 0 saturated carbocycles. The van der Waals surface area contributed by atoms with Gasteiger partial charge in [0.15, 0.2) is 0 Å². The zero-order valence-electron chi connectivity index (χ0n) is 25.3. The predicted octanol–water partition coefficient (Wildman–Crippen LogP) is 5.70. The van der Waals surface area contributed by atoms with Gasteiger partial charge in [-0.3, -0.25) is 13.9 Å². The summed E-state index contributed by atoms with van der Waals surface area (Å²) in [5.41, 5.74) is 5.02. The van der Waals surface area contributed by atoms with Crippen molar-refractivity contribution in [2.45, 2.75) is 72.4 Å². The van der Waals surface area contributed by atoms with Crippen LogP contribution in [0.5, 0.6) is 0 Å². The van der Waals surface area contributed by atoms with Gasteiger partial charge < -0.3 is 10.2 Å². The second-order valence-corrected chi connectivity index (χ2v) is 13.0. The first-order chi connectivity index (χ1) is 19.3. The Bertz CT molecular complexity index is 1450. The minimum atomic E-state index is -4.10. The van der Waals surface area contributed by atoms with Crippen LogP contribution in [0, 0.1) is 33.6 Å². The number of nitrogens with zero attached hydrogens (tertiary/aromatic N) is 2. The summed E-state index contributed by atoms with van der Waals surface area (Å²) in [6, 6.07) is 19.1. The fourth-order valence-corrected chi connectivity index (χ4v) is 6.15. The van der Waals surface area contributed by atoms with Crippen LogP contribution in [0.3, 0.4) is 0 Å². The molecule has 220 valence electrons. The van der Waals surface area contributed by atoms with Gasteiger partial charge in [-0.25, -0.2) is 8.42 Å². The number of rotatable bonds is 12. The summed E-state index contributed by atoms with van der Waals surface area (Å²) < 4.78 is 29.3. The van der Waals surface area contributed by atoms with Crippen molar-refractivity contribution in [1.29, 1.82) is 0 Å². The van der Waals surface area contributed by atoms with E-state index < -0.39 is 28.5 Å². The van der Waals surface area contributed by atoms with Crippen LogP contribution >= 0.6 is 0 Å². The number of hydrogen-bond donors (Lipinski definition) is 1. The monoisotopic (exact) mass is 577 g/mol. The molecule has 3 aromatic rings. The van der Waals surface area contributed by atoms with Crippen molar-refractivity contribution in [2.75, 3.05) is 17.4 Å². The van der Waals surface area contributed by atoms with E-state index >= 15 is 0 Å². The number of hydrogen-bond acceptors (Lipinski definition) is 4. The van der Waals surface area contributed by atoms with Gasteiger partial charge in [0.25, 0.3) is 10.0 Å². The van der Waals surface area contributed by atoms with Crippen LogP contribution in [-0.2, 0) is 26.2 Å². The van der Waals surface area contributed by atoms with Crippen molar-refractivity contribution in [1.82, 2.24) is 10.2 Å². The molecule has 1 N–H and O–H groups in total. The first-order valence-electron chi connectivity index (χ1n) is 14.1. The van der Waals surface area contributed by atoms with E-state index in [1.807, 2.05) is 84.9 Å². The highest BCUT2D eigenvalue weighted by Gasteiger charge is 2.34.